The Morgan fingerprint density at radius 2 is 1.09 bits per heavy atom. The number of hydrogen-bond donors (Lipinski definition) is 0. The molecule has 0 saturated carbocycles. The molecule has 0 rings (SSSR count). The van der Waals surface area contributed by atoms with E-state index in [2.05, 4.69) is 6.92 Å². The fourth-order valence-electron chi connectivity index (χ4n) is 2.78. The second-order valence-electron chi connectivity index (χ2n) is 7.07. The van der Waals surface area contributed by atoms with Crippen LogP contribution in [0.3, 0.4) is 0 Å². The van der Waals surface area contributed by atoms with Crippen LogP contribution in [0.25, 0.3) is 0 Å². The average Bonchev–Trinajstić information content (AvgIpc) is 2.57. The van der Waals surface area contributed by atoms with Crippen molar-refractivity contribution in [1.29, 1.82) is 0 Å². The second kappa shape index (κ2) is 17.8. The summed E-state index contributed by atoms with van der Waals surface area (Å²) in [6, 6.07) is 0. The standard InChI is InChI=1S/C21H42O2/c1-4-6-7-8-9-10-11-12-13-14-15-16-17-18-19-23-21(22)20(3)5-2/h20H,4-19H2,1-3H3. The molecule has 0 amide bonds. The summed E-state index contributed by atoms with van der Waals surface area (Å²) >= 11 is 0. The zero-order valence-corrected chi connectivity index (χ0v) is 16.2. The van der Waals surface area contributed by atoms with E-state index in [-0.39, 0.29) is 11.9 Å². The van der Waals surface area contributed by atoms with E-state index in [1.54, 1.807) is 0 Å². The number of esters is 1. The van der Waals surface area contributed by atoms with Gasteiger partial charge in [-0.2, -0.15) is 0 Å². The third kappa shape index (κ3) is 16.1. The number of ether oxygens (including phenoxy) is 1. The quantitative estimate of drug-likeness (QED) is 0.211. The van der Waals surface area contributed by atoms with Gasteiger partial charge in [-0.3, -0.25) is 4.79 Å². The Morgan fingerprint density at radius 1 is 0.696 bits per heavy atom. The number of carbonyl (C=O) groups is 1. The lowest BCUT2D eigenvalue weighted by molar-refractivity contribution is -0.148. The van der Waals surface area contributed by atoms with Crippen molar-refractivity contribution in [3.8, 4) is 0 Å². The molecule has 0 aromatic rings. The highest BCUT2D eigenvalue weighted by Gasteiger charge is 2.10. The summed E-state index contributed by atoms with van der Waals surface area (Å²) in [5.41, 5.74) is 0. The Labute approximate surface area is 145 Å². The highest BCUT2D eigenvalue weighted by Crippen LogP contribution is 2.13. The van der Waals surface area contributed by atoms with E-state index in [0.717, 1.165) is 12.8 Å². The minimum atomic E-state index is -0.0257. The largest absolute Gasteiger partial charge is 0.465 e. The van der Waals surface area contributed by atoms with Crippen molar-refractivity contribution in [1.82, 2.24) is 0 Å². The summed E-state index contributed by atoms with van der Waals surface area (Å²) in [7, 11) is 0. The lowest BCUT2D eigenvalue weighted by Crippen LogP contribution is -2.14. The predicted octanol–water partition coefficient (Wildman–Crippen LogP) is 7.06. The minimum absolute atomic E-state index is 0.0257. The van der Waals surface area contributed by atoms with Crippen LogP contribution in [0.2, 0.25) is 0 Å². The van der Waals surface area contributed by atoms with Crippen LogP contribution >= 0.6 is 0 Å². The molecule has 0 spiro atoms. The number of carbonyl (C=O) groups excluding carboxylic acids is 1. The van der Waals surface area contributed by atoms with Crippen LogP contribution in [0.1, 0.15) is 117 Å². The van der Waals surface area contributed by atoms with Crippen molar-refractivity contribution in [3.05, 3.63) is 0 Å². The molecule has 0 heterocycles. The van der Waals surface area contributed by atoms with Crippen molar-refractivity contribution in [2.75, 3.05) is 6.61 Å². The van der Waals surface area contributed by atoms with Gasteiger partial charge in [-0.05, 0) is 12.8 Å². The Kier molecular flexibility index (Phi) is 17.4. The Balaban J connectivity index is 3.09. The Hall–Kier alpha value is -0.530. The molecule has 0 saturated heterocycles. The van der Waals surface area contributed by atoms with Gasteiger partial charge in [0.2, 0.25) is 0 Å². The van der Waals surface area contributed by atoms with Crippen LogP contribution in [0.15, 0.2) is 0 Å². The van der Waals surface area contributed by atoms with E-state index in [0.29, 0.717) is 6.61 Å². The van der Waals surface area contributed by atoms with Crippen molar-refractivity contribution in [3.63, 3.8) is 0 Å². The first-order valence-electron chi connectivity index (χ1n) is 10.4. The van der Waals surface area contributed by atoms with Crippen LogP contribution in [0, 0.1) is 5.92 Å². The van der Waals surface area contributed by atoms with Gasteiger partial charge in [0.05, 0.1) is 12.5 Å². The second-order valence-corrected chi connectivity index (χ2v) is 7.07. The fraction of sp³-hybridized carbons (Fsp3) is 0.952. The van der Waals surface area contributed by atoms with E-state index in [9.17, 15) is 4.79 Å². The molecule has 0 aliphatic carbocycles. The molecule has 138 valence electrons. The molecule has 0 aliphatic heterocycles. The van der Waals surface area contributed by atoms with E-state index in [4.69, 9.17) is 4.74 Å². The maximum Gasteiger partial charge on any atom is 0.308 e. The summed E-state index contributed by atoms with van der Waals surface area (Å²) in [4.78, 5) is 11.5. The van der Waals surface area contributed by atoms with Gasteiger partial charge in [-0.1, -0.05) is 104 Å². The van der Waals surface area contributed by atoms with Crippen LogP contribution in [0.4, 0.5) is 0 Å². The van der Waals surface area contributed by atoms with Crippen molar-refractivity contribution in [2.45, 2.75) is 117 Å². The number of rotatable bonds is 17. The topological polar surface area (TPSA) is 26.3 Å². The first-order chi connectivity index (χ1) is 11.2. The van der Waals surface area contributed by atoms with E-state index < -0.39 is 0 Å². The molecule has 1 atom stereocenters. The Bertz CT molecular complexity index is 250. The highest BCUT2D eigenvalue weighted by molar-refractivity contribution is 5.71. The van der Waals surface area contributed by atoms with Gasteiger partial charge in [0, 0.05) is 0 Å². The van der Waals surface area contributed by atoms with E-state index in [1.165, 1.54) is 83.5 Å². The van der Waals surface area contributed by atoms with Crippen LogP contribution in [-0.4, -0.2) is 12.6 Å². The maximum absolute atomic E-state index is 11.5. The summed E-state index contributed by atoms with van der Waals surface area (Å²) in [6.45, 7) is 6.85. The summed E-state index contributed by atoms with van der Waals surface area (Å²) in [5, 5.41) is 0. The lowest BCUT2D eigenvalue weighted by Gasteiger charge is -2.08. The monoisotopic (exact) mass is 326 g/mol. The molecule has 0 radical (unpaired) electrons. The third-order valence-electron chi connectivity index (χ3n) is 4.76. The van der Waals surface area contributed by atoms with Gasteiger partial charge >= 0.3 is 5.97 Å². The fourth-order valence-corrected chi connectivity index (χ4v) is 2.78. The van der Waals surface area contributed by atoms with Crippen molar-refractivity contribution < 1.29 is 9.53 Å². The summed E-state index contributed by atoms with van der Waals surface area (Å²) in [5.74, 6) is 0.0313. The van der Waals surface area contributed by atoms with Crippen LogP contribution in [-0.2, 0) is 9.53 Å². The first kappa shape index (κ1) is 22.5. The lowest BCUT2D eigenvalue weighted by atomic mass is 10.0. The SMILES string of the molecule is CCCCCCCCCCCCCCCCOC(=O)C(C)CC. The maximum atomic E-state index is 11.5. The molecule has 23 heavy (non-hydrogen) atoms. The Morgan fingerprint density at radius 3 is 1.48 bits per heavy atom. The average molecular weight is 327 g/mol. The van der Waals surface area contributed by atoms with Gasteiger partial charge in [0.1, 0.15) is 0 Å². The minimum Gasteiger partial charge on any atom is -0.465 e. The number of unbranched alkanes of at least 4 members (excludes halogenated alkanes) is 13. The smallest absolute Gasteiger partial charge is 0.308 e. The van der Waals surface area contributed by atoms with Gasteiger partial charge in [-0.25, -0.2) is 0 Å². The van der Waals surface area contributed by atoms with Crippen LogP contribution in [0.5, 0.6) is 0 Å². The molecular formula is C21H42O2. The molecule has 1 unspecified atom stereocenters. The molecule has 2 heteroatoms. The normalized spacial score (nSPS) is 12.3. The van der Waals surface area contributed by atoms with E-state index in [1.807, 2.05) is 13.8 Å². The molecule has 0 bridgehead atoms. The summed E-state index contributed by atoms with van der Waals surface area (Å²) < 4.78 is 5.26. The molecule has 2 nitrogen and oxygen atoms in total. The first-order valence-corrected chi connectivity index (χ1v) is 10.4. The number of hydrogen-bond acceptors (Lipinski definition) is 2. The molecule has 0 aliphatic rings. The van der Waals surface area contributed by atoms with E-state index >= 15 is 0 Å². The van der Waals surface area contributed by atoms with Gasteiger partial charge in [-0.15, -0.1) is 0 Å². The highest BCUT2D eigenvalue weighted by atomic mass is 16.5. The van der Waals surface area contributed by atoms with Crippen molar-refractivity contribution >= 4 is 5.97 Å². The molecule has 0 aromatic heterocycles. The van der Waals surface area contributed by atoms with Gasteiger partial charge < -0.3 is 4.74 Å². The predicted molar refractivity (Wildman–Crippen MR) is 101 cm³/mol. The molecule has 0 fully saturated rings. The zero-order chi connectivity index (χ0) is 17.2. The third-order valence-corrected chi connectivity index (χ3v) is 4.76. The molecule has 0 N–H and O–H groups in total. The molecule has 0 aromatic carbocycles. The van der Waals surface area contributed by atoms with Crippen molar-refractivity contribution in [2.24, 2.45) is 5.92 Å². The zero-order valence-electron chi connectivity index (χ0n) is 16.2. The van der Waals surface area contributed by atoms with Gasteiger partial charge in [0.25, 0.3) is 0 Å². The van der Waals surface area contributed by atoms with Gasteiger partial charge in [0.15, 0.2) is 0 Å². The summed E-state index contributed by atoms with van der Waals surface area (Å²) in [6.07, 6.45) is 19.9. The van der Waals surface area contributed by atoms with Crippen LogP contribution < -0.4 is 0 Å². The molecular weight excluding hydrogens is 284 g/mol.